The van der Waals surface area contributed by atoms with E-state index in [4.69, 9.17) is 9.47 Å². The Morgan fingerprint density at radius 1 is 1.04 bits per heavy atom. The average Bonchev–Trinajstić information content (AvgIpc) is 2.54. The lowest BCUT2D eigenvalue weighted by molar-refractivity contribution is -0.149. The molecular weight excluding hydrogens is 328 g/mol. The molecule has 138 valence electrons. The van der Waals surface area contributed by atoms with E-state index in [9.17, 15) is 14.4 Å². The van der Waals surface area contributed by atoms with Crippen molar-refractivity contribution in [2.75, 3.05) is 6.54 Å². The fourth-order valence-corrected chi connectivity index (χ4v) is 1.64. The number of hydroxylamine groups is 1. The first-order valence-corrected chi connectivity index (χ1v) is 7.89. The number of rotatable bonds is 6. The summed E-state index contributed by atoms with van der Waals surface area (Å²) in [6, 6.07) is 9.10. The molecule has 8 heteroatoms. The van der Waals surface area contributed by atoms with E-state index in [1.54, 1.807) is 32.9 Å². The summed E-state index contributed by atoms with van der Waals surface area (Å²) >= 11 is 0. The van der Waals surface area contributed by atoms with E-state index in [-0.39, 0.29) is 19.6 Å². The van der Waals surface area contributed by atoms with E-state index >= 15 is 0 Å². The van der Waals surface area contributed by atoms with Gasteiger partial charge in [-0.05, 0) is 32.8 Å². The monoisotopic (exact) mass is 352 g/mol. The Balaban J connectivity index is 2.08. The number of amides is 2. The van der Waals surface area contributed by atoms with Gasteiger partial charge >= 0.3 is 18.2 Å². The van der Waals surface area contributed by atoms with E-state index in [0.29, 0.717) is 6.42 Å². The van der Waals surface area contributed by atoms with Crippen LogP contribution in [0, 0.1) is 0 Å². The van der Waals surface area contributed by atoms with Crippen LogP contribution in [0.1, 0.15) is 39.2 Å². The predicted octanol–water partition coefficient (Wildman–Crippen LogP) is 2.68. The van der Waals surface area contributed by atoms with Crippen molar-refractivity contribution < 1.29 is 28.7 Å². The van der Waals surface area contributed by atoms with Crippen LogP contribution in [-0.4, -0.2) is 30.3 Å². The molecule has 8 nitrogen and oxygen atoms in total. The lowest BCUT2D eigenvalue weighted by Gasteiger charge is -2.19. The first kappa shape index (κ1) is 20.3. The number of carbonyl (C=O) groups excluding carboxylic acids is 3. The van der Waals surface area contributed by atoms with Crippen LogP contribution in [0.5, 0.6) is 0 Å². The van der Waals surface area contributed by atoms with Gasteiger partial charge in [-0.1, -0.05) is 30.3 Å². The zero-order chi connectivity index (χ0) is 18.7. The Morgan fingerprint density at radius 2 is 1.72 bits per heavy atom. The van der Waals surface area contributed by atoms with Crippen molar-refractivity contribution in [3.8, 4) is 0 Å². The molecule has 1 aromatic rings. The molecule has 0 fully saturated rings. The van der Waals surface area contributed by atoms with Gasteiger partial charge in [-0.25, -0.2) is 14.4 Å². The highest BCUT2D eigenvalue weighted by Crippen LogP contribution is 2.06. The van der Waals surface area contributed by atoms with Gasteiger partial charge in [0, 0.05) is 13.0 Å². The Bertz CT molecular complexity index is 568. The lowest BCUT2D eigenvalue weighted by atomic mass is 10.2. The van der Waals surface area contributed by atoms with E-state index in [2.05, 4.69) is 10.2 Å². The Hall–Kier alpha value is -2.77. The second-order valence-corrected chi connectivity index (χ2v) is 6.17. The van der Waals surface area contributed by atoms with Crippen molar-refractivity contribution in [1.29, 1.82) is 0 Å². The standard InChI is InChI=1S/C17H24N2O6/c1-17(2,3)24-15(21)18-11-7-10-14(20)25-19-16(22)23-12-13-8-5-4-6-9-13/h4-6,8-9H,7,10-12H2,1-3H3,(H,18,21)(H,19,22). The minimum Gasteiger partial charge on any atom is -0.444 e. The van der Waals surface area contributed by atoms with Crippen molar-refractivity contribution in [2.24, 2.45) is 0 Å². The van der Waals surface area contributed by atoms with Gasteiger partial charge in [0.1, 0.15) is 12.2 Å². The molecule has 1 rings (SSSR count). The molecule has 0 saturated heterocycles. The average molecular weight is 352 g/mol. The summed E-state index contributed by atoms with van der Waals surface area (Å²) in [5, 5.41) is 2.52. The minimum absolute atomic E-state index is 0.0226. The number of hydrogen-bond acceptors (Lipinski definition) is 6. The summed E-state index contributed by atoms with van der Waals surface area (Å²) in [6.07, 6.45) is -1.04. The molecule has 0 aromatic heterocycles. The van der Waals surface area contributed by atoms with E-state index in [1.807, 2.05) is 23.7 Å². The molecule has 0 aliphatic rings. The number of nitrogens with one attached hydrogen (secondary N) is 2. The van der Waals surface area contributed by atoms with Gasteiger partial charge in [-0.15, -0.1) is 5.48 Å². The molecule has 0 spiro atoms. The van der Waals surface area contributed by atoms with Crippen molar-refractivity contribution in [2.45, 2.75) is 45.8 Å². The van der Waals surface area contributed by atoms with Gasteiger partial charge in [-0.3, -0.25) is 0 Å². The van der Waals surface area contributed by atoms with Gasteiger partial charge in [-0.2, -0.15) is 0 Å². The summed E-state index contributed by atoms with van der Waals surface area (Å²) in [6.45, 7) is 5.60. The molecule has 2 amide bonds. The van der Waals surface area contributed by atoms with E-state index in [0.717, 1.165) is 5.56 Å². The molecule has 0 aliphatic heterocycles. The molecule has 0 heterocycles. The van der Waals surface area contributed by atoms with Crippen LogP contribution in [0.4, 0.5) is 9.59 Å². The predicted molar refractivity (Wildman–Crippen MR) is 89.3 cm³/mol. The topological polar surface area (TPSA) is 103 Å². The third-order valence-electron chi connectivity index (χ3n) is 2.69. The third-order valence-corrected chi connectivity index (χ3v) is 2.69. The third kappa shape index (κ3) is 10.6. The summed E-state index contributed by atoms with van der Waals surface area (Å²) in [5.41, 5.74) is 2.15. The van der Waals surface area contributed by atoms with Crippen LogP contribution in [0.3, 0.4) is 0 Å². The maximum atomic E-state index is 11.5. The largest absolute Gasteiger partial charge is 0.444 e. The molecule has 0 radical (unpaired) electrons. The summed E-state index contributed by atoms with van der Waals surface area (Å²) in [7, 11) is 0. The van der Waals surface area contributed by atoms with Crippen LogP contribution in [0.15, 0.2) is 30.3 Å². The summed E-state index contributed by atoms with van der Waals surface area (Å²) < 4.78 is 9.93. The quantitative estimate of drug-likeness (QED) is 0.463. The number of alkyl carbamates (subject to hydrolysis) is 1. The molecule has 2 N–H and O–H groups in total. The number of carbonyl (C=O) groups is 3. The minimum atomic E-state index is -0.857. The molecule has 0 bridgehead atoms. The van der Waals surface area contributed by atoms with Crippen LogP contribution < -0.4 is 10.8 Å². The van der Waals surface area contributed by atoms with Crippen LogP contribution >= 0.6 is 0 Å². The smallest absolute Gasteiger partial charge is 0.441 e. The highest BCUT2D eigenvalue weighted by atomic mass is 16.7. The summed E-state index contributed by atoms with van der Waals surface area (Å²) in [5.74, 6) is -0.636. The Labute approximate surface area is 146 Å². The van der Waals surface area contributed by atoms with Gasteiger partial charge in [0.2, 0.25) is 0 Å². The molecular formula is C17H24N2O6. The van der Waals surface area contributed by atoms with Crippen molar-refractivity contribution in [1.82, 2.24) is 10.8 Å². The molecule has 1 aromatic carbocycles. The first-order chi connectivity index (χ1) is 11.8. The molecule has 0 unspecified atom stereocenters. The number of hydrogen-bond donors (Lipinski definition) is 2. The van der Waals surface area contributed by atoms with Crippen LogP contribution in [-0.2, 0) is 25.7 Å². The maximum absolute atomic E-state index is 11.5. The second-order valence-electron chi connectivity index (χ2n) is 6.17. The fraction of sp³-hybridized carbons (Fsp3) is 0.471. The number of ether oxygens (including phenoxy) is 2. The zero-order valence-corrected chi connectivity index (χ0v) is 14.7. The normalized spacial score (nSPS) is 10.5. The van der Waals surface area contributed by atoms with Crippen LogP contribution in [0.2, 0.25) is 0 Å². The fourth-order valence-electron chi connectivity index (χ4n) is 1.64. The maximum Gasteiger partial charge on any atom is 0.441 e. The summed E-state index contributed by atoms with van der Waals surface area (Å²) in [4.78, 5) is 38.8. The Kier molecular flexibility index (Phi) is 8.25. The van der Waals surface area contributed by atoms with E-state index < -0.39 is 23.8 Å². The first-order valence-electron chi connectivity index (χ1n) is 7.89. The molecule has 0 aliphatic carbocycles. The second kappa shape index (κ2) is 10.2. The highest BCUT2D eigenvalue weighted by molar-refractivity contribution is 5.73. The molecule has 0 atom stereocenters. The SMILES string of the molecule is CC(C)(C)OC(=O)NCCCC(=O)ONC(=O)OCc1ccccc1. The zero-order valence-electron chi connectivity index (χ0n) is 14.7. The van der Waals surface area contributed by atoms with Gasteiger partial charge in [0.15, 0.2) is 0 Å². The van der Waals surface area contributed by atoms with Crippen LogP contribution in [0.25, 0.3) is 0 Å². The highest BCUT2D eigenvalue weighted by Gasteiger charge is 2.15. The Morgan fingerprint density at radius 3 is 2.36 bits per heavy atom. The van der Waals surface area contributed by atoms with Crippen molar-refractivity contribution in [3.05, 3.63) is 35.9 Å². The van der Waals surface area contributed by atoms with Crippen molar-refractivity contribution >= 4 is 18.2 Å². The van der Waals surface area contributed by atoms with Gasteiger partial charge in [0.05, 0.1) is 0 Å². The molecule has 0 saturated carbocycles. The van der Waals surface area contributed by atoms with Gasteiger partial charge in [0.25, 0.3) is 0 Å². The lowest BCUT2D eigenvalue weighted by Crippen LogP contribution is -2.33. The molecule has 25 heavy (non-hydrogen) atoms. The number of benzene rings is 1. The van der Waals surface area contributed by atoms with Gasteiger partial charge < -0.3 is 19.6 Å². The van der Waals surface area contributed by atoms with E-state index in [1.165, 1.54) is 0 Å². The van der Waals surface area contributed by atoms with Crippen molar-refractivity contribution in [3.63, 3.8) is 0 Å².